The average Bonchev–Trinajstić information content (AvgIpc) is 3.43. The summed E-state index contributed by atoms with van der Waals surface area (Å²) in [5, 5.41) is 11.4. The molecule has 1 unspecified atom stereocenters. The van der Waals surface area contributed by atoms with Gasteiger partial charge in [0.05, 0.1) is 24.6 Å². The van der Waals surface area contributed by atoms with E-state index in [1.165, 1.54) is 7.11 Å². The number of ether oxygens (including phenoxy) is 1. The molecule has 2 aromatic carbocycles. The van der Waals surface area contributed by atoms with Crippen molar-refractivity contribution in [3.63, 3.8) is 0 Å². The highest BCUT2D eigenvalue weighted by Gasteiger charge is 2.29. The Morgan fingerprint density at radius 1 is 1.22 bits per heavy atom. The van der Waals surface area contributed by atoms with E-state index in [0.717, 1.165) is 22.3 Å². The van der Waals surface area contributed by atoms with Crippen molar-refractivity contribution in [2.24, 2.45) is 0 Å². The zero-order valence-corrected chi connectivity index (χ0v) is 17.5. The number of hydrogen-bond acceptors (Lipinski definition) is 8. The molecule has 0 bridgehead atoms. The molecule has 0 spiro atoms. The van der Waals surface area contributed by atoms with Crippen LogP contribution < -0.4 is 5.32 Å². The van der Waals surface area contributed by atoms with Gasteiger partial charge in [-0.25, -0.2) is 4.98 Å². The van der Waals surface area contributed by atoms with Crippen LogP contribution in [-0.4, -0.2) is 57.1 Å². The Morgan fingerprint density at radius 3 is 2.84 bits per heavy atom. The summed E-state index contributed by atoms with van der Waals surface area (Å²) in [6.45, 7) is 0.372. The minimum Gasteiger partial charge on any atom is -0.469 e. The molecule has 1 atom stereocenters. The summed E-state index contributed by atoms with van der Waals surface area (Å²) in [4.78, 5) is 33.6. The van der Waals surface area contributed by atoms with Gasteiger partial charge in [-0.2, -0.15) is 0 Å². The van der Waals surface area contributed by atoms with Crippen LogP contribution in [0, 0.1) is 0 Å². The molecule has 4 aromatic rings. The number of aromatic amines is 1. The van der Waals surface area contributed by atoms with Gasteiger partial charge in [0.2, 0.25) is 11.8 Å². The molecule has 0 saturated heterocycles. The Labute approximate surface area is 182 Å². The number of nitrogens with one attached hydrogen (secondary N) is 2. The molecule has 2 aromatic heterocycles. The standard InChI is InChI=1S/C22H20N6O4/c1-28-11-13-9-12(7-8-14(13)23-17(22(28)30)10-18(29)31-2)20-26-27-21(32-20)19-24-15-5-3-4-6-16(15)25-19/h3-9,17,23H,10-11H2,1-2H3,(H,24,25). The van der Waals surface area contributed by atoms with E-state index >= 15 is 0 Å². The van der Waals surface area contributed by atoms with Crippen molar-refractivity contribution in [2.75, 3.05) is 19.5 Å². The zero-order chi connectivity index (χ0) is 22.2. The number of aromatic nitrogens is 4. The maximum absolute atomic E-state index is 12.7. The van der Waals surface area contributed by atoms with Crippen molar-refractivity contribution >= 4 is 28.6 Å². The molecular weight excluding hydrogens is 412 g/mol. The Kier molecular flexibility index (Phi) is 4.81. The normalized spacial score (nSPS) is 15.9. The fraction of sp³-hybridized carbons (Fsp3) is 0.227. The lowest BCUT2D eigenvalue weighted by Crippen LogP contribution is -2.39. The van der Waals surface area contributed by atoms with E-state index in [1.807, 2.05) is 42.5 Å². The fourth-order valence-corrected chi connectivity index (χ4v) is 3.73. The predicted molar refractivity (Wildman–Crippen MR) is 115 cm³/mol. The number of fused-ring (bicyclic) bond motifs is 2. The highest BCUT2D eigenvalue weighted by molar-refractivity contribution is 5.90. The molecule has 0 fully saturated rings. The lowest BCUT2D eigenvalue weighted by Gasteiger charge is -2.19. The minimum atomic E-state index is -0.692. The van der Waals surface area contributed by atoms with Crippen LogP contribution in [0.25, 0.3) is 34.2 Å². The number of hydrogen-bond donors (Lipinski definition) is 2. The first-order valence-electron chi connectivity index (χ1n) is 10.0. The molecule has 0 radical (unpaired) electrons. The summed E-state index contributed by atoms with van der Waals surface area (Å²) >= 11 is 0. The van der Waals surface area contributed by atoms with Crippen molar-refractivity contribution < 1.29 is 18.7 Å². The van der Waals surface area contributed by atoms with E-state index in [2.05, 4.69) is 25.5 Å². The second kappa shape index (κ2) is 7.80. The topological polar surface area (TPSA) is 126 Å². The SMILES string of the molecule is COC(=O)CC1Nc2ccc(-c3nnc(-c4nc5ccccc5[nH]4)o3)cc2CN(C)C1=O. The molecule has 10 heteroatoms. The van der Waals surface area contributed by atoms with Crippen molar-refractivity contribution in [1.82, 2.24) is 25.1 Å². The second-order valence-corrected chi connectivity index (χ2v) is 7.56. The van der Waals surface area contributed by atoms with Crippen LogP contribution in [0.15, 0.2) is 46.9 Å². The number of nitrogens with zero attached hydrogens (tertiary/aromatic N) is 4. The molecule has 1 amide bonds. The zero-order valence-electron chi connectivity index (χ0n) is 17.5. The fourth-order valence-electron chi connectivity index (χ4n) is 3.73. The molecule has 32 heavy (non-hydrogen) atoms. The maximum atomic E-state index is 12.7. The van der Waals surface area contributed by atoms with Gasteiger partial charge in [-0.05, 0) is 35.9 Å². The molecule has 0 aliphatic carbocycles. The van der Waals surface area contributed by atoms with E-state index in [4.69, 9.17) is 9.15 Å². The number of carbonyl (C=O) groups excluding carboxylic acids is 2. The summed E-state index contributed by atoms with van der Waals surface area (Å²) in [5.41, 5.74) is 4.04. The van der Waals surface area contributed by atoms with Crippen molar-refractivity contribution in [3.8, 4) is 23.2 Å². The number of anilines is 1. The van der Waals surface area contributed by atoms with Gasteiger partial charge in [-0.3, -0.25) is 9.59 Å². The van der Waals surface area contributed by atoms with Gasteiger partial charge in [-0.1, -0.05) is 12.1 Å². The molecule has 162 valence electrons. The van der Waals surface area contributed by atoms with Crippen LogP contribution in [0.1, 0.15) is 12.0 Å². The van der Waals surface area contributed by atoms with Crippen LogP contribution >= 0.6 is 0 Å². The second-order valence-electron chi connectivity index (χ2n) is 7.56. The van der Waals surface area contributed by atoms with Crippen molar-refractivity contribution in [1.29, 1.82) is 0 Å². The highest BCUT2D eigenvalue weighted by Crippen LogP contribution is 2.30. The van der Waals surface area contributed by atoms with Crippen LogP contribution in [0.5, 0.6) is 0 Å². The van der Waals surface area contributed by atoms with Crippen LogP contribution in [-0.2, 0) is 20.9 Å². The summed E-state index contributed by atoms with van der Waals surface area (Å²) in [5.74, 6) is 0.492. The van der Waals surface area contributed by atoms with E-state index in [9.17, 15) is 9.59 Å². The number of likely N-dealkylation sites (N-methyl/N-ethyl adjacent to an activating group) is 1. The Balaban J connectivity index is 1.44. The Morgan fingerprint density at radius 2 is 2.03 bits per heavy atom. The number of para-hydroxylation sites is 2. The molecule has 1 aliphatic heterocycles. The van der Waals surface area contributed by atoms with Gasteiger partial charge >= 0.3 is 5.97 Å². The summed E-state index contributed by atoms with van der Waals surface area (Å²) < 4.78 is 10.6. The van der Waals surface area contributed by atoms with Crippen LogP contribution in [0.3, 0.4) is 0 Å². The first-order valence-corrected chi connectivity index (χ1v) is 10.0. The van der Waals surface area contributed by atoms with Gasteiger partial charge < -0.3 is 24.4 Å². The van der Waals surface area contributed by atoms with E-state index in [-0.39, 0.29) is 18.2 Å². The van der Waals surface area contributed by atoms with Gasteiger partial charge in [-0.15, -0.1) is 10.2 Å². The number of H-pyrrole nitrogens is 1. The van der Waals surface area contributed by atoms with Gasteiger partial charge in [0.15, 0.2) is 5.82 Å². The lowest BCUT2D eigenvalue weighted by atomic mass is 10.1. The molecule has 0 saturated carbocycles. The summed E-state index contributed by atoms with van der Waals surface area (Å²) in [6.07, 6.45) is -0.0502. The molecule has 3 heterocycles. The highest BCUT2D eigenvalue weighted by atomic mass is 16.5. The number of imidazole rings is 1. The van der Waals surface area contributed by atoms with Crippen molar-refractivity contribution in [2.45, 2.75) is 19.0 Å². The Hall–Kier alpha value is -4.21. The first-order chi connectivity index (χ1) is 15.5. The summed E-state index contributed by atoms with van der Waals surface area (Å²) in [7, 11) is 3.00. The molecule has 2 N–H and O–H groups in total. The number of amides is 1. The van der Waals surface area contributed by atoms with Gasteiger partial charge in [0, 0.05) is 24.8 Å². The van der Waals surface area contributed by atoms with Crippen molar-refractivity contribution in [3.05, 3.63) is 48.0 Å². The summed E-state index contributed by atoms with van der Waals surface area (Å²) in [6, 6.07) is 12.5. The molecule has 1 aliphatic rings. The number of benzene rings is 2. The van der Waals surface area contributed by atoms with Crippen LogP contribution in [0.2, 0.25) is 0 Å². The number of esters is 1. The number of methoxy groups -OCH3 is 1. The van der Waals surface area contributed by atoms with Gasteiger partial charge in [0.1, 0.15) is 6.04 Å². The predicted octanol–water partition coefficient (Wildman–Crippen LogP) is 2.60. The minimum absolute atomic E-state index is 0.0502. The molecule has 10 nitrogen and oxygen atoms in total. The van der Waals surface area contributed by atoms with E-state index in [0.29, 0.717) is 23.8 Å². The third kappa shape index (κ3) is 3.55. The maximum Gasteiger partial charge on any atom is 0.308 e. The van der Waals surface area contributed by atoms with Crippen LogP contribution in [0.4, 0.5) is 5.69 Å². The van der Waals surface area contributed by atoms with E-state index in [1.54, 1.807) is 11.9 Å². The number of rotatable bonds is 4. The molecular formula is C22H20N6O4. The average molecular weight is 432 g/mol. The first kappa shape index (κ1) is 19.7. The largest absolute Gasteiger partial charge is 0.469 e. The third-order valence-electron chi connectivity index (χ3n) is 5.38. The quantitative estimate of drug-likeness (QED) is 0.471. The smallest absolute Gasteiger partial charge is 0.308 e. The third-order valence-corrected chi connectivity index (χ3v) is 5.38. The van der Waals surface area contributed by atoms with E-state index < -0.39 is 12.0 Å². The number of carbonyl (C=O) groups is 2. The molecule has 5 rings (SSSR count). The monoisotopic (exact) mass is 432 g/mol. The lowest BCUT2D eigenvalue weighted by molar-refractivity contribution is -0.143. The van der Waals surface area contributed by atoms with Gasteiger partial charge in [0.25, 0.3) is 5.89 Å². The Bertz CT molecular complexity index is 1290.